The first kappa shape index (κ1) is 35.5. The zero-order valence-corrected chi connectivity index (χ0v) is 29.3. The predicted molar refractivity (Wildman–Crippen MR) is 188 cm³/mol. The van der Waals surface area contributed by atoms with E-state index in [2.05, 4.69) is 10.2 Å². The van der Waals surface area contributed by atoms with E-state index < -0.39 is 18.2 Å². The zero-order valence-electron chi connectivity index (χ0n) is 29.3. The number of hydrogen-bond donors (Lipinski definition) is 3. The largest absolute Gasteiger partial charge is 0.507 e. The van der Waals surface area contributed by atoms with Gasteiger partial charge in [-0.3, -0.25) is 14.5 Å². The lowest BCUT2D eigenvalue weighted by atomic mass is 9.83. The Morgan fingerprint density at radius 3 is 2.18 bits per heavy atom. The molecule has 1 saturated carbocycles. The smallest absolute Gasteiger partial charge is 0.410 e. The fourth-order valence-corrected chi connectivity index (χ4v) is 8.32. The van der Waals surface area contributed by atoms with Crippen LogP contribution >= 0.6 is 0 Å². The van der Waals surface area contributed by atoms with Crippen molar-refractivity contribution in [1.82, 2.24) is 19.6 Å². The molecule has 0 aromatic heterocycles. The number of hydrogen-bond acceptors (Lipinski definition) is 7. The van der Waals surface area contributed by atoms with Gasteiger partial charge in [-0.2, -0.15) is 0 Å². The molecule has 0 bridgehead atoms. The minimum absolute atomic E-state index is 0.00254. The van der Waals surface area contributed by atoms with Crippen LogP contribution in [0.4, 0.5) is 15.3 Å². The first-order chi connectivity index (χ1) is 24.0. The van der Waals surface area contributed by atoms with Crippen LogP contribution in [0.5, 0.6) is 5.75 Å². The first-order valence-electron chi connectivity index (χ1n) is 18.2. The maximum Gasteiger partial charge on any atom is 0.410 e. The molecule has 1 aliphatic carbocycles. The number of carbonyl (C=O) groups excluding carboxylic acids is 3. The van der Waals surface area contributed by atoms with Gasteiger partial charge in [0.1, 0.15) is 5.75 Å². The lowest BCUT2D eigenvalue weighted by Crippen LogP contribution is -2.55. The second-order valence-electron chi connectivity index (χ2n) is 14.5. The highest BCUT2D eigenvalue weighted by Crippen LogP contribution is 2.31. The number of rotatable bonds is 8. The number of aromatic hydroxyl groups is 1. The molecule has 4 aliphatic rings. The number of benzene rings is 2. The average Bonchev–Trinajstić information content (AvgIpc) is 3.28. The summed E-state index contributed by atoms with van der Waals surface area (Å²) in [7, 11) is 0. The summed E-state index contributed by atoms with van der Waals surface area (Å²) in [5, 5.41) is 22.5. The summed E-state index contributed by atoms with van der Waals surface area (Å²) in [5.74, 6) is -0.494. The molecule has 0 unspecified atom stereocenters. The van der Waals surface area contributed by atoms with Crippen molar-refractivity contribution < 1.29 is 34.1 Å². The molecule has 3 N–H and O–H groups in total. The number of amides is 4. The number of urea groups is 1. The molecule has 12 nitrogen and oxygen atoms in total. The Hall–Kier alpha value is -4.32. The van der Waals surface area contributed by atoms with E-state index in [1.165, 1.54) is 0 Å². The number of nitrogens with zero attached hydrogens (tertiary/aromatic N) is 4. The molecule has 270 valence electrons. The van der Waals surface area contributed by atoms with Gasteiger partial charge in [0.25, 0.3) is 5.91 Å². The Labute approximate surface area is 294 Å². The van der Waals surface area contributed by atoms with Gasteiger partial charge in [0.05, 0.1) is 0 Å². The number of ether oxygens (including phenoxy) is 1. The van der Waals surface area contributed by atoms with Crippen molar-refractivity contribution >= 4 is 29.7 Å². The van der Waals surface area contributed by atoms with Crippen LogP contribution in [-0.4, -0.2) is 118 Å². The van der Waals surface area contributed by atoms with Gasteiger partial charge in [-0.25, -0.2) is 9.59 Å². The molecule has 50 heavy (non-hydrogen) atoms. The standard InChI is InChI=1S/C38H51N5O7/c1-25-21-28(22-26(2)35(25)46)23-33(36(47)41-19-17-40(18-20-41)30-9-7-27(8-10-30)24-34(44)45)50-38(49)42-14-12-31(13-15-42)43-16-11-29-5-3-4-6-32(29)39-37(43)48/h3-6,21-22,27,30-31,33,46H,7-20,23-24H2,1-2H3,(H,39,48)(H,44,45)/t27-,30+,33-/m1/s1. The highest BCUT2D eigenvalue weighted by molar-refractivity contribution is 5.91. The van der Waals surface area contributed by atoms with Crippen molar-refractivity contribution in [2.75, 3.05) is 51.1 Å². The number of likely N-dealkylation sites (tertiary alicyclic amines) is 1. The van der Waals surface area contributed by atoms with E-state index in [0.717, 1.165) is 62.0 Å². The SMILES string of the molecule is Cc1cc(C[C@@H](OC(=O)N2CCC(N3CCc4ccccc4NC3=O)CC2)C(=O)N2CCN([C@H]3CC[C@@H](CC(=O)O)CC3)CC2)cc(C)c1O. The van der Waals surface area contributed by atoms with Gasteiger partial charge in [0.15, 0.2) is 6.10 Å². The molecule has 3 fully saturated rings. The second kappa shape index (κ2) is 15.7. The number of phenolic OH excluding ortho intramolecular Hbond substituents is 1. The van der Waals surface area contributed by atoms with Crippen LogP contribution in [0, 0.1) is 19.8 Å². The molecule has 12 heteroatoms. The van der Waals surface area contributed by atoms with Crippen molar-refractivity contribution in [2.24, 2.45) is 5.92 Å². The van der Waals surface area contributed by atoms with Gasteiger partial charge in [0, 0.05) is 76.4 Å². The van der Waals surface area contributed by atoms with Gasteiger partial charge < -0.3 is 35.0 Å². The first-order valence-corrected chi connectivity index (χ1v) is 18.2. The van der Waals surface area contributed by atoms with Crippen molar-refractivity contribution in [3.8, 4) is 5.75 Å². The van der Waals surface area contributed by atoms with E-state index in [0.29, 0.717) is 62.7 Å². The number of fused-ring (bicyclic) bond motifs is 1. The van der Waals surface area contributed by atoms with E-state index in [1.54, 1.807) is 9.80 Å². The number of carboxylic acid groups (broad SMARTS) is 1. The van der Waals surface area contributed by atoms with Crippen LogP contribution in [0.2, 0.25) is 0 Å². The Balaban J connectivity index is 1.06. The molecule has 2 aromatic carbocycles. The van der Waals surface area contributed by atoms with Gasteiger partial charge in [-0.15, -0.1) is 0 Å². The normalized spacial score (nSPS) is 22.7. The Kier molecular flexibility index (Phi) is 11.2. The molecule has 4 amide bonds. The number of carboxylic acids is 1. The van der Waals surface area contributed by atoms with Gasteiger partial charge >= 0.3 is 18.1 Å². The number of nitrogens with one attached hydrogen (secondary N) is 1. The molecule has 0 radical (unpaired) electrons. The monoisotopic (exact) mass is 689 g/mol. The number of para-hydroxylation sites is 1. The minimum Gasteiger partial charge on any atom is -0.507 e. The highest BCUT2D eigenvalue weighted by atomic mass is 16.6. The summed E-state index contributed by atoms with van der Waals surface area (Å²) in [6.45, 7) is 7.59. The van der Waals surface area contributed by atoms with Gasteiger partial charge in [-0.1, -0.05) is 30.3 Å². The number of carbonyl (C=O) groups is 4. The topological polar surface area (TPSA) is 143 Å². The highest BCUT2D eigenvalue weighted by Gasteiger charge is 2.36. The lowest BCUT2D eigenvalue weighted by Gasteiger charge is -2.42. The van der Waals surface area contributed by atoms with Gasteiger partial charge in [-0.05, 0) is 93.0 Å². The third-order valence-corrected chi connectivity index (χ3v) is 11.2. The summed E-state index contributed by atoms with van der Waals surface area (Å²) in [6.07, 6.45) is 4.66. The van der Waals surface area contributed by atoms with Crippen LogP contribution in [0.15, 0.2) is 36.4 Å². The summed E-state index contributed by atoms with van der Waals surface area (Å²) in [6, 6.07) is 11.8. The summed E-state index contributed by atoms with van der Waals surface area (Å²) >= 11 is 0. The van der Waals surface area contributed by atoms with Crippen LogP contribution in [-0.2, 0) is 27.2 Å². The number of piperazine rings is 1. The minimum atomic E-state index is -1.02. The van der Waals surface area contributed by atoms with E-state index in [-0.39, 0.29) is 42.5 Å². The van der Waals surface area contributed by atoms with E-state index in [9.17, 15) is 24.3 Å². The fourth-order valence-electron chi connectivity index (χ4n) is 8.32. The summed E-state index contributed by atoms with van der Waals surface area (Å²) in [5.41, 5.74) is 4.17. The molecule has 2 saturated heterocycles. The number of anilines is 1. The Morgan fingerprint density at radius 2 is 1.52 bits per heavy atom. The summed E-state index contributed by atoms with van der Waals surface area (Å²) < 4.78 is 6.05. The lowest BCUT2D eigenvalue weighted by molar-refractivity contribution is -0.143. The van der Waals surface area contributed by atoms with E-state index >= 15 is 0 Å². The average molecular weight is 690 g/mol. The van der Waals surface area contributed by atoms with Crippen molar-refractivity contribution in [3.63, 3.8) is 0 Å². The third-order valence-electron chi connectivity index (χ3n) is 11.2. The molecule has 3 aliphatic heterocycles. The molecule has 2 aromatic rings. The fraction of sp³-hybridized carbons (Fsp3) is 0.579. The molecular formula is C38H51N5O7. The molecule has 1 atom stereocenters. The van der Waals surface area contributed by atoms with Crippen LogP contribution in [0.3, 0.4) is 0 Å². The van der Waals surface area contributed by atoms with Crippen molar-refractivity contribution in [1.29, 1.82) is 0 Å². The summed E-state index contributed by atoms with van der Waals surface area (Å²) in [4.78, 5) is 59.7. The zero-order chi connectivity index (χ0) is 35.4. The van der Waals surface area contributed by atoms with Crippen LogP contribution in [0.1, 0.15) is 67.2 Å². The maximum atomic E-state index is 14.1. The van der Waals surface area contributed by atoms with E-state index in [4.69, 9.17) is 9.84 Å². The van der Waals surface area contributed by atoms with Crippen LogP contribution in [0.25, 0.3) is 0 Å². The molecular weight excluding hydrogens is 638 g/mol. The number of aliphatic carboxylic acids is 1. The number of aryl methyl sites for hydroxylation is 2. The van der Waals surface area contributed by atoms with Crippen LogP contribution < -0.4 is 5.32 Å². The number of phenols is 1. The Morgan fingerprint density at radius 1 is 0.860 bits per heavy atom. The maximum absolute atomic E-state index is 14.1. The number of piperidine rings is 1. The van der Waals surface area contributed by atoms with Gasteiger partial charge in [0.2, 0.25) is 0 Å². The molecule has 3 heterocycles. The van der Waals surface area contributed by atoms with Crippen molar-refractivity contribution in [2.45, 2.75) is 89.8 Å². The predicted octanol–water partition coefficient (Wildman–Crippen LogP) is 4.79. The Bertz CT molecular complexity index is 1540. The molecule has 0 spiro atoms. The third kappa shape index (κ3) is 8.34. The molecule has 6 rings (SSSR count). The van der Waals surface area contributed by atoms with Crippen molar-refractivity contribution in [3.05, 3.63) is 58.7 Å². The quantitative estimate of drug-likeness (QED) is 0.359. The van der Waals surface area contributed by atoms with E-state index in [1.807, 2.05) is 55.1 Å². The second-order valence-corrected chi connectivity index (χ2v) is 14.5.